The van der Waals surface area contributed by atoms with Crippen LogP contribution in [-0.2, 0) is 9.59 Å². The van der Waals surface area contributed by atoms with E-state index >= 15 is 0 Å². The average Bonchev–Trinajstić information content (AvgIpc) is 2.88. The van der Waals surface area contributed by atoms with Crippen LogP contribution in [0.5, 0.6) is 0 Å². The summed E-state index contributed by atoms with van der Waals surface area (Å²) >= 11 is 0. The minimum absolute atomic E-state index is 0.0794. The first-order valence-electron chi connectivity index (χ1n) is 13.3. The van der Waals surface area contributed by atoms with Gasteiger partial charge in [0.25, 0.3) is 0 Å². The Morgan fingerprint density at radius 3 is 2.46 bits per heavy atom. The van der Waals surface area contributed by atoms with Crippen molar-refractivity contribution in [3.8, 4) is 0 Å². The van der Waals surface area contributed by atoms with Gasteiger partial charge in [-0.25, -0.2) is 4.98 Å². The summed E-state index contributed by atoms with van der Waals surface area (Å²) in [7, 11) is 0. The van der Waals surface area contributed by atoms with Gasteiger partial charge < -0.3 is 20.0 Å². The summed E-state index contributed by atoms with van der Waals surface area (Å²) < 4.78 is 0. The number of carbonyl (C=O) groups excluding carboxylic acids is 2. The molecule has 2 saturated heterocycles. The van der Waals surface area contributed by atoms with Crippen LogP contribution in [0.3, 0.4) is 0 Å². The first kappa shape index (κ1) is 25.1. The lowest BCUT2D eigenvalue weighted by Gasteiger charge is -2.43. The smallest absolute Gasteiger partial charge is 0.225 e. The Hall–Kier alpha value is -3.61. The summed E-state index contributed by atoms with van der Waals surface area (Å²) in [5.41, 5.74) is 5.35. The number of fused-ring (bicyclic) bond motifs is 1. The topological polar surface area (TPSA) is 68.8 Å². The third kappa shape index (κ3) is 5.41. The molecule has 5 rings (SSSR count). The summed E-state index contributed by atoms with van der Waals surface area (Å²) in [4.78, 5) is 36.5. The molecule has 7 nitrogen and oxygen atoms in total. The molecule has 7 heteroatoms. The molecule has 3 heterocycles. The number of carbonyl (C=O) groups is 2. The Labute approximate surface area is 219 Å². The number of pyridine rings is 1. The van der Waals surface area contributed by atoms with Gasteiger partial charge in [-0.3, -0.25) is 9.59 Å². The van der Waals surface area contributed by atoms with Crippen molar-refractivity contribution in [3.05, 3.63) is 59.7 Å². The van der Waals surface area contributed by atoms with Crippen LogP contribution in [0.1, 0.15) is 37.8 Å². The quantitative estimate of drug-likeness (QED) is 0.560. The third-order valence-corrected chi connectivity index (χ3v) is 7.76. The zero-order valence-electron chi connectivity index (χ0n) is 22.3. The highest BCUT2D eigenvalue weighted by atomic mass is 16.2. The second-order valence-corrected chi connectivity index (χ2v) is 10.6. The highest BCUT2D eigenvalue weighted by Gasteiger charge is 2.33. The first-order chi connectivity index (χ1) is 17.8. The van der Waals surface area contributed by atoms with Gasteiger partial charge in [0, 0.05) is 68.4 Å². The molecular formula is C30H37N5O2. The van der Waals surface area contributed by atoms with Gasteiger partial charge in [-0.1, -0.05) is 12.1 Å². The molecule has 0 unspecified atom stereocenters. The van der Waals surface area contributed by atoms with Gasteiger partial charge in [-0.05, 0) is 81.1 Å². The molecule has 3 aromatic rings. The lowest BCUT2D eigenvalue weighted by molar-refractivity contribution is -0.137. The Morgan fingerprint density at radius 2 is 1.76 bits per heavy atom. The summed E-state index contributed by atoms with van der Waals surface area (Å²) in [6.45, 7) is 12.0. The maximum atomic E-state index is 13.4. The molecule has 1 atom stereocenters. The largest absolute Gasteiger partial charge is 0.365 e. The predicted molar refractivity (Wildman–Crippen MR) is 150 cm³/mol. The lowest BCUT2D eigenvalue weighted by Crippen LogP contribution is -2.55. The van der Waals surface area contributed by atoms with E-state index in [1.54, 1.807) is 0 Å². The number of nitrogens with zero attached hydrogens (tertiary/aromatic N) is 4. The minimum atomic E-state index is -0.0818. The van der Waals surface area contributed by atoms with Crippen molar-refractivity contribution in [2.45, 2.75) is 46.6 Å². The van der Waals surface area contributed by atoms with Crippen LogP contribution in [0.25, 0.3) is 10.9 Å². The number of anilines is 3. The molecule has 2 aliphatic heterocycles. The number of piperazine rings is 1. The zero-order chi connectivity index (χ0) is 26.1. The van der Waals surface area contributed by atoms with Crippen LogP contribution in [0.15, 0.2) is 48.5 Å². The molecule has 1 aromatic heterocycles. The first-order valence-corrected chi connectivity index (χ1v) is 13.3. The molecule has 2 amide bonds. The van der Waals surface area contributed by atoms with Crippen molar-refractivity contribution in [3.63, 3.8) is 0 Å². The van der Waals surface area contributed by atoms with E-state index in [1.807, 2.05) is 18.2 Å². The SMILES string of the molecule is CC(=O)Nc1ccc2nc(N3CCC(C(=O)N4CCN(c5cccc(C)c5)[C@H](C)C4)CC3)cc(C)c2c1. The lowest BCUT2D eigenvalue weighted by atomic mass is 9.94. The van der Waals surface area contributed by atoms with Gasteiger partial charge in [-0.15, -0.1) is 0 Å². The van der Waals surface area contributed by atoms with E-state index < -0.39 is 0 Å². The number of benzene rings is 2. The Balaban J connectivity index is 1.20. The highest BCUT2D eigenvalue weighted by molar-refractivity contribution is 5.93. The number of hydrogen-bond donors (Lipinski definition) is 1. The van der Waals surface area contributed by atoms with Crippen molar-refractivity contribution < 1.29 is 9.59 Å². The summed E-state index contributed by atoms with van der Waals surface area (Å²) in [6.07, 6.45) is 1.71. The number of nitrogens with one attached hydrogen (secondary N) is 1. The van der Waals surface area contributed by atoms with E-state index in [1.165, 1.54) is 18.2 Å². The normalized spacial score (nSPS) is 18.8. The van der Waals surface area contributed by atoms with Gasteiger partial charge in [0.15, 0.2) is 0 Å². The van der Waals surface area contributed by atoms with Crippen LogP contribution in [-0.4, -0.2) is 60.5 Å². The summed E-state index contributed by atoms with van der Waals surface area (Å²) in [5, 5.41) is 3.89. The predicted octanol–water partition coefficient (Wildman–Crippen LogP) is 4.76. The number of piperidine rings is 1. The van der Waals surface area contributed by atoms with Crippen LogP contribution < -0.4 is 15.1 Å². The fourth-order valence-electron chi connectivity index (χ4n) is 5.78. The van der Waals surface area contributed by atoms with Crippen LogP contribution in [0, 0.1) is 19.8 Å². The number of rotatable bonds is 4. The second kappa shape index (κ2) is 10.4. The fourth-order valence-corrected chi connectivity index (χ4v) is 5.78. The molecule has 0 saturated carbocycles. The highest BCUT2D eigenvalue weighted by Crippen LogP contribution is 2.29. The van der Waals surface area contributed by atoms with Crippen LogP contribution in [0.4, 0.5) is 17.2 Å². The molecule has 2 aromatic carbocycles. The van der Waals surface area contributed by atoms with Crippen molar-refractivity contribution in [2.24, 2.45) is 5.92 Å². The minimum Gasteiger partial charge on any atom is -0.365 e. The fraction of sp³-hybridized carbons (Fsp3) is 0.433. The number of amides is 2. The van der Waals surface area contributed by atoms with Crippen molar-refractivity contribution in [1.82, 2.24) is 9.88 Å². The summed E-state index contributed by atoms with van der Waals surface area (Å²) in [6, 6.07) is 16.9. The second-order valence-electron chi connectivity index (χ2n) is 10.6. The average molecular weight is 500 g/mol. The Kier molecular flexibility index (Phi) is 7.04. The molecule has 0 radical (unpaired) electrons. The van der Waals surface area contributed by atoms with E-state index in [0.717, 1.165) is 73.5 Å². The van der Waals surface area contributed by atoms with Gasteiger partial charge in [0.05, 0.1) is 5.52 Å². The van der Waals surface area contributed by atoms with Crippen LogP contribution in [0.2, 0.25) is 0 Å². The molecule has 37 heavy (non-hydrogen) atoms. The zero-order valence-corrected chi connectivity index (χ0v) is 22.3. The van der Waals surface area contributed by atoms with E-state index in [9.17, 15) is 9.59 Å². The van der Waals surface area contributed by atoms with Crippen molar-refractivity contribution in [2.75, 3.05) is 47.8 Å². The number of aryl methyl sites for hydroxylation is 2. The molecule has 194 valence electrons. The molecular weight excluding hydrogens is 462 g/mol. The standard InChI is InChI=1S/C30H37N5O2/c1-20-6-5-7-26(16-20)35-15-14-34(19-22(35)3)30(37)24-10-12-33(13-11-24)29-17-21(2)27-18-25(31-23(4)36)8-9-28(27)32-29/h5-9,16-18,22,24H,10-15,19H2,1-4H3,(H,31,36)/t22-/m1/s1. The Morgan fingerprint density at radius 1 is 0.973 bits per heavy atom. The molecule has 1 N–H and O–H groups in total. The van der Waals surface area contributed by atoms with E-state index in [2.05, 4.69) is 71.1 Å². The Bertz CT molecular complexity index is 1310. The van der Waals surface area contributed by atoms with Gasteiger partial charge >= 0.3 is 0 Å². The molecule has 0 spiro atoms. The number of hydrogen-bond acceptors (Lipinski definition) is 5. The van der Waals surface area contributed by atoms with E-state index in [4.69, 9.17) is 4.98 Å². The molecule has 2 fully saturated rings. The maximum absolute atomic E-state index is 13.4. The molecule has 0 aliphatic carbocycles. The molecule has 0 bridgehead atoms. The van der Waals surface area contributed by atoms with Gasteiger partial charge in [-0.2, -0.15) is 0 Å². The third-order valence-electron chi connectivity index (χ3n) is 7.76. The van der Waals surface area contributed by atoms with Crippen LogP contribution >= 0.6 is 0 Å². The monoisotopic (exact) mass is 499 g/mol. The summed E-state index contributed by atoms with van der Waals surface area (Å²) in [5.74, 6) is 1.27. The van der Waals surface area contributed by atoms with Crippen molar-refractivity contribution in [1.29, 1.82) is 0 Å². The van der Waals surface area contributed by atoms with E-state index in [-0.39, 0.29) is 11.8 Å². The molecule has 2 aliphatic rings. The van der Waals surface area contributed by atoms with Crippen molar-refractivity contribution >= 4 is 39.9 Å². The van der Waals surface area contributed by atoms with Gasteiger partial charge in [0.1, 0.15) is 5.82 Å². The number of aromatic nitrogens is 1. The van der Waals surface area contributed by atoms with Gasteiger partial charge in [0.2, 0.25) is 11.8 Å². The van der Waals surface area contributed by atoms with E-state index in [0.29, 0.717) is 11.9 Å². The maximum Gasteiger partial charge on any atom is 0.225 e.